The Balaban J connectivity index is 1.60. The van der Waals surface area contributed by atoms with Gasteiger partial charge in [-0.05, 0) is 58.4 Å². The molecule has 2 aliphatic rings. The Morgan fingerprint density at radius 3 is 2.69 bits per heavy atom. The number of hydrogen-bond acceptors (Lipinski definition) is 3. The first kappa shape index (κ1) is 21.8. The molecule has 8 heteroatoms. The number of nitrogens with one attached hydrogen (secondary N) is 1. The van der Waals surface area contributed by atoms with Crippen LogP contribution in [0.4, 0.5) is 17.6 Å². The summed E-state index contributed by atoms with van der Waals surface area (Å²) >= 11 is 0. The van der Waals surface area contributed by atoms with E-state index in [0.717, 1.165) is 17.5 Å². The molecule has 2 aliphatic carbocycles. The number of aliphatic hydroxyl groups excluding tert-OH is 1. The molecule has 0 bridgehead atoms. The highest BCUT2D eigenvalue weighted by molar-refractivity contribution is 5.94. The van der Waals surface area contributed by atoms with E-state index in [1.54, 1.807) is 30.5 Å². The monoisotopic (exact) mass is 477 g/mol. The molecule has 1 heterocycles. The van der Waals surface area contributed by atoms with Crippen LogP contribution in [-0.4, -0.2) is 21.2 Å². The largest absolute Gasteiger partial charge is 0.382 e. The van der Waals surface area contributed by atoms with Crippen molar-refractivity contribution in [2.45, 2.75) is 43.4 Å². The maximum atomic E-state index is 15.0. The third-order valence-electron chi connectivity index (χ3n) is 7.31. The third kappa shape index (κ3) is 3.18. The van der Waals surface area contributed by atoms with Gasteiger partial charge in [-0.25, -0.2) is 17.6 Å². The van der Waals surface area contributed by atoms with Crippen molar-refractivity contribution in [3.63, 3.8) is 0 Å². The molecular formula is C27H19F4N3O. The molecule has 3 atom stereocenters. The molecule has 0 radical (unpaired) electrons. The van der Waals surface area contributed by atoms with E-state index in [-0.39, 0.29) is 35.1 Å². The predicted octanol–water partition coefficient (Wildman–Crippen LogP) is 6.40. The van der Waals surface area contributed by atoms with Gasteiger partial charge in [-0.3, -0.25) is 5.10 Å². The average Bonchev–Trinajstić information content (AvgIpc) is 3.41. The predicted molar refractivity (Wildman–Crippen MR) is 121 cm³/mol. The van der Waals surface area contributed by atoms with E-state index in [0.29, 0.717) is 27.8 Å². The molecule has 0 aliphatic heterocycles. The molecule has 1 aromatic heterocycles. The summed E-state index contributed by atoms with van der Waals surface area (Å²) in [5, 5.41) is 28.1. The summed E-state index contributed by atoms with van der Waals surface area (Å²) in [5.74, 6) is -4.67. The Labute approximate surface area is 197 Å². The SMILES string of the molecule is N#Cc1cc(F)cc2c1[C@@H](c1ccc(-c3cccc4cn[nH]c34)c3c1CC(F)(F)[C@H]3O)CC[C@@H]2F. The van der Waals surface area contributed by atoms with Crippen molar-refractivity contribution in [3.8, 4) is 17.2 Å². The van der Waals surface area contributed by atoms with Crippen molar-refractivity contribution in [3.05, 3.63) is 87.9 Å². The van der Waals surface area contributed by atoms with Gasteiger partial charge in [-0.2, -0.15) is 10.4 Å². The Hall–Kier alpha value is -3.70. The summed E-state index contributed by atoms with van der Waals surface area (Å²) in [5.41, 5.74) is 3.10. The maximum absolute atomic E-state index is 15.0. The Morgan fingerprint density at radius 1 is 1.06 bits per heavy atom. The summed E-state index contributed by atoms with van der Waals surface area (Å²) < 4.78 is 58.8. The van der Waals surface area contributed by atoms with Gasteiger partial charge < -0.3 is 5.11 Å². The molecule has 0 saturated carbocycles. The fourth-order valence-corrected chi connectivity index (χ4v) is 5.79. The van der Waals surface area contributed by atoms with Crippen molar-refractivity contribution in [1.82, 2.24) is 10.2 Å². The van der Waals surface area contributed by atoms with Gasteiger partial charge in [-0.1, -0.05) is 30.3 Å². The Bertz CT molecular complexity index is 1540. The van der Waals surface area contributed by atoms with E-state index in [4.69, 9.17) is 0 Å². The van der Waals surface area contributed by atoms with E-state index in [1.165, 1.54) is 0 Å². The van der Waals surface area contributed by atoms with Crippen molar-refractivity contribution in [1.29, 1.82) is 5.26 Å². The number of aromatic nitrogens is 2. The molecule has 0 spiro atoms. The molecule has 4 aromatic rings. The van der Waals surface area contributed by atoms with Gasteiger partial charge in [0.1, 0.15) is 18.1 Å². The van der Waals surface area contributed by atoms with Crippen molar-refractivity contribution in [2.24, 2.45) is 0 Å². The first-order valence-electron chi connectivity index (χ1n) is 11.3. The highest BCUT2D eigenvalue weighted by Gasteiger charge is 2.50. The standard InChI is InChI=1S/C27H19F4N3O/c28-15-8-14(11-32)23-17(6-7-22(29)20(23)9-15)16-4-5-18(24-21(16)10-27(30,31)26(24)35)19-3-1-2-13-12-33-34-25(13)19/h1-5,8-9,12,17,22,26,35H,6-7,10H2,(H,33,34)/t17-,22+,26+/m1/s1. The molecule has 176 valence electrons. The summed E-state index contributed by atoms with van der Waals surface area (Å²) in [7, 11) is 0. The van der Waals surface area contributed by atoms with Gasteiger partial charge in [0.25, 0.3) is 5.92 Å². The minimum Gasteiger partial charge on any atom is -0.382 e. The summed E-state index contributed by atoms with van der Waals surface area (Å²) in [6, 6.07) is 12.9. The van der Waals surface area contributed by atoms with Crippen LogP contribution < -0.4 is 0 Å². The zero-order valence-electron chi connectivity index (χ0n) is 18.3. The van der Waals surface area contributed by atoms with Crippen LogP contribution in [-0.2, 0) is 6.42 Å². The van der Waals surface area contributed by atoms with Gasteiger partial charge >= 0.3 is 0 Å². The smallest absolute Gasteiger partial charge is 0.281 e. The zero-order chi connectivity index (χ0) is 24.5. The fraction of sp³-hybridized carbons (Fsp3) is 0.259. The van der Waals surface area contributed by atoms with Crippen LogP contribution in [0.5, 0.6) is 0 Å². The molecule has 0 fully saturated rings. The van der Waals surface area contributed by atoms with Crippen LogP contribution in [0.1, 0.15) is 64.4 Å². The number of alkyl halides is 3. The van der Waals surface area contributed by atoms with Crippen LogP contribution >= 0.6 is 0 Å². The second kappa shape index (κ2) is 7.65. The van der Waals surface area contributed by atoms with Crippen LogP contribution in [0.25, 0.3) is 22.0 Å². The van der Waals surface area contributed by atoms with E-state index in [2.05, 4.69) is 10.2 Å². The first-order valence-corrected chi connectivity index (χ1v) is 11.3. The topological polar surface area (TPSA) is 72.7 Å². The Morgan fingerprint density at radius 2 is 1.89 bits per heavy atom. The number of aliphatic hydroxyl groups is 1. The molecule has 35 heavy (non-hydrogen) atoms. The summed E-state index contributed by atoms with van der Waals surface area (Å²) in [6.07, 6.45) is -2.16. The molecule has 6 rings (SSSR count). The van der Waals surface area contributed by atoms with Gasteiger partial charge in [0.15, 0.2) is 0 Å². The second-order valence-corrected chi connectivity index (χ2v) is 9.24. The lowest BCUT2D eigenvalue weighted by Crippen LogP contribution is -2.22. The number of halogens is 4. The molecule has 3 aromatic carbocycles. The number of para-hydroxylation sites is 1. The summed E-state index contributed by atoms with van der Waals surface area (Å²) in [4.78, 5) is 0. The number of benzene rings is 3. The number of aromatic amines is 1. The number of hydrogen-bond donors (Lipinski definition) is 2. The second-order valence-electron chi connectivity index (χ2n) is 9.24. The van der Waals surface area contributed by atoms with Crippen molar-refractivity contribution >= 4 is 10.9 Å². The average molecular weight is 477 g/mol. The number of fused-ring (bicyclic) bond motifs is 3. The van der Waals surface area contributed by atoms with Gasteiger partial charge in [-0.15, -0.1) is 0 Å². The maximum Gasteiger partial charge on any atom is 0.281 e. The highest BCUT2D eigenvalue weighted by atomic mass is 19.3. The quantitative estimate of drug-likeness (QED) is 0.328. The van der Waals surface area contributed by atoms with Gasteiger partial charge in [0.05, 0.1) is 23.3 Å². The number of nitriles is 1. The molecule has 0 amide bonds. The molecule has 0 saturated heterocycles. The lowest BCUT2D eigenvalue weighted by atomic mass is 9.74. The van der Waals surface area contributed by atoms with Crippen LogP contribution in [0, 0.1) is 17.1 Å². The highest BCUT2D eigenvalue weighted by Crippen LogP contribution is 2.53. The van der Waals surface area contributed by atoms with Gasteiger partial charge in [0.2, 0.25) is 0 Å². The van der Waals surface area contributed by atoms with E-state index in [9.17, 15) is 27.9 Å². The number of H-pyrrole nitrogens is 1. The van der Waals surface area contributed by atoms with Gasteiger partial charge in [0, 0.05) is 23.3 Å². The zero-order valence-corrected chi connectivity index (χ0v) is 18.3. The van der Waals surface area contributed by atoms with Crippen LogP contribution in [0.2, 0.25) is 0 Å². The molecule has 0 unspecified atom stereocenters. The third-order valence-corrected chi connectivity index (χ3v) is 7.31. The van der Waals surface area contributed by atoms with Crippen molar-refractivity contribution < 1.29 is 22.7 Å². The lowest BCUT2D eigenvalue weighted by molar-refractivity contribution is -0.0966. The normalized spacial score (nSPS) is 22.6. The Kier molecular flexibility index (Phi) is 4.77. The molecular weight excluding hydrogens is 458 g/mol. The minimum absolute atomic E-state index is 0.00212. The first-order chi connectivity index (χ1) is 16.8. The van der Waals surface area contributed by atoms with Crippen LogP contribution in [0.15, 0.2) is 48.7 Å². The molecule has 4 nitrogen and oxygen atoms in total. The fourth-order valence-electron chi connectivity index (χ4n) is 5.79. The lowest BCUT2D eigenvalue weighted by Gasteiger charge is -2.31. The van der Waals surface area contributed by atoms with E-state index in [1.807, 2.05) is 12.1 Å². The minimum atomic E-state index is -3.39. The summed E-state index contributed by atoms with van der Waals surface area (Å²) in [6.45, 7) is 0. The van der Waals surface area contributed by atoms with Crippen molar-refractivity contribution in [2.75, 3.05) is 0 Å². The number of rotatable bonds is 2. The molecule has 2 N–H and O–H groups in total. The van der Waals surface area contributed by atoms with E-state index >= 15 is 0 Å². The number of nitrogens with zero attached hydrogens (tertiary/aromatic N) is 2. The van der Waals surface area contributed by atoms with E-state index < -0.39 is 36.4 Å². The van der Waals surface area contributed by atoms with Crippen LogP contribution in [0.3, 0.4) is 0 Å².